The van der Waals surface area contributed by atoms with Crippen molar-refractivity contribution >= 4 is 41.0 Å². The molecule has 8 N–H and O–H groups in total. The maximum atomic E-state index is 12.0. The molecular formula is C118H224N8O18. The van der Waals surface area contributed by atoms with Crippen LogP contribution in [0.25, 0.3) is 0 Å². The highest BCUT2D eigenvalue weighted by Gasteiger charge is 2.13. The summed E-state index contributed by atoms with van der Waals surface area (Å²) in [6.07, 6.45) is 10.3. The Hall–Kier alpha value is -6.70. The lowest BCUT2D eigenvalue weighted by Gasteiger charge is -2.10. The van der Waals surface area contributed by atoms with Crippen LogP contribution in [-0.4, -0.2) is 253 Å². The summed E-state index contributed by atoms with van der Waals surface area (Å²) in [4.78, 5) is 70.3. The lowest BCUT2D eigenvalue weighted by Crippen LogP contribution is -2.36. The third-order valence-corrected chi connectivity index (χ3v) is 21.1. The molecule has 0 fully saturated rings. The van der Waals surface area contributed by atoms with Gasteiger partial charge in [0.05, 0.1) is 145 Å². The van der Waals surface area contributed by atoms with E-state index in [1.165, 1.54) is 22.3 Å². The molecule has 4 rings (SSSR count). The minimum atomic E-state index is -0.0469. The zero-order valence-corrected chi connectivity index (χ0v) is 91.0. The first kappa shape index (κ1) is 153. The number of hydrogen-bond donors (Lipinski definition) is 8. The molecule has 26 heteroatoms. The van der Waals surface area contributed by atoms with Crippen molar-refractivity contribution in [3.05, 3.63) is 136 Å². The van der Waals surface area contributed by atoms with Gasteiger partial charge in [-0.3, -0.25) is 28.8 Å². The fourth-order valence-electron chi connectivity index (χ4n) is 11.7. The van der Waals surface area contributed by atoms with E-state index in [1.807, 2.05) is 36.4 Å². The van der Waals surface area contributed by atoms with Crippen molar-refractivity contribution in [1.82, 2.24) is 37.2 Å². The molecule has 0 aromatic heterocycles. The van der Waals surface area contributed by atoms with Crippen LogP contribution in [-0.2, 0) is 105 Å². The van der Waals surface area contributed by atoms with Gasteiger partial charge in [-0.25, -0.2) is 0 Å². The maximum Gasteiger partial charge on any atom is 0.238 e. The van der Waals surface area contributed by atoms with E-state index in [0.717, 1.165) is 120 Å². The number of hydrogen-bond acceptors (Lipinski definition) is 21. The summed E-state index contributed by atoms with van der Waals surface area (Å²) in [5, 5.41) is 23.7. The first-order valence-electron chi connectivity index (χ1n) is 52.3. The molecule has 0 atom stereocenters. The smallest absolute Gasteiger partial charge is 0.238 e. The van der Waals surface area contributed by atoms with E-state index in [0.29, 0.717) is 268 Å². The number of nitrogens with one attached hydrogen (secondary N) is 8. The number of amides is 5. The lowest BCUT2D eigenvalue weighted by molar-refractivity contribution is -0.123. The van der Waals surface area contributed by atoms with Gasteiger partial charge >= 0.3 is 0 Å². The van der Waals surface area contributed by atoms with E-state index in [2.05, 4.69) is 269 Å². The van der Waals surface area contributed by atoms with Gasteiger partial charge in [0, 0.05) is 110 Å². The number of carbonyl (C=O) groups is 6. The molecule has 0 heterocycles. The van der Waals surface area contributed by atoms with Gasteiger partial charge in [-0.05, 0) is 173 Å². The average molecular weight is 2040 g/mol. The maximum absolute atomic E-state index is 12.0. The first-order valence-corrected chi connectivity index (χ1v) is 52.3. The van der Waals surface area contributed by atoms with E-state index in [9.17, 15) is 28.8 Å². The highest BCUT2D eigenvalue weighted by molar-refractivity contribution is 5.92. The van der Waals surface area contributed by atoms with Crippen LogP contribution in [0.4, 0.5) is 5.69 Å². The van der Waals surface area contributed by atoms with Gasteiger partial charge in [-0.2, -0.15) is 0 Å². The number of anilines is 1. The van der Waals surface area contributed by atoms with Crippen molar-refractivity contribution in [1.29, 1.82) is 0 Å². The van der Waals surface area contributed by atoms with E-state index >= 15 is 0 Å². The minimum absolute atomic E-state index is 0. The Morgan fingerprint density at radius 3 is 0.778 bits per heavy atom. The van der Waals surface area contributed by atoms with Crippen LogP contribution < -0.4 is 42.5 Å². The van der Waals surface area contributed by atoms with Crippen molar-refractivity contribution in [2.45, 2.75) is 318 Å². The molecule has 0 saturated heterocycles. The number of benzene rings is 4. The molecule has 0 bridgehead atoms. The van der Waals surface area contributed by atoms with Crippen LogP contribution >= 0.6 is 0 Å². The highest BCUT2D eigenvalue weighted by Crippen LogP contribution is 2.20. The van der Waals surface area contributed by atoms with Crippen LogP contribution in [0.3, 0.4) is 0 Å². The van der Waals surface area contributed by atoms with Crippen molar-refractivity contribution in [3.8, 4) is 0 Å². The Labute approximate surface area is 883 Å². The monoisotopic (exact) mass is 2040 g/mol. The lowest BCUT2D eigenvalue weighted by atomic mass is 10.00. The Balaban J connectivity index is -0.000000255. The van der Waals surface area contributed by atoms with Crippen molar-refractivity contribution in [3.63, 3.8) is 0 Å². The molecule has 0 aliphatic heterocycles. The Morgan fingerprint density at radius 1 is 0.215 bits per heavy atom. The molecule has 844 valence electrons. The fraction of sp³-hybridized carbons (Fsp3) is 0.746. The second-order valence-corrected chi connectivity index (χ2v) is 39.6. The SMILES string of the molecule is C.C.C.C.C.C.CC(C)CCNC(=O)CNCCOCCOCCC(C)C.CC(C)CCOCCOCCC(=O)NCc1ccc(C(C)C)cc1.CC(C)CCOCCOCCNC(=O)CCC(C)C.CC(C)CCOCCOCCNC(=O)Cc1ccc(C(C)C)cc1.CC(C)CCOCCOCCNCC(=O)Cc1ccc(C(C)C)cc1.CC(C)CCOCCOCCNCC(=O)Nc1ccc(C(C)C)cc1. The Morgan fingerprint density at radius 2 is 0.465 bits per heavy atom. The second-order valence-electron chi connectivity index (χ2n) is 39.6. The van der Waals surface area contributed by atoms with Gasteiger partial charge in [-0.1, -0.05) is 296 Å². The molecule has 0 unspecified atom stereocenters. The van der Waals surface area contributed by atoms with Gasteiger partial charge in [0.1, 0.15) is 0 Å². The molecule has 0 aliphatic carbocycles. The summed E-state index contributed by atoms with van der Waals surface area (Å²) in [5.41, 5.74) is 9.24. The molecule has 26 nitrogen and oxygen atoms in total. The number of Topliss-reactive ketones (excluding diaryl/α,β-unsaturated/α-hetero) is 1. The summed E-state index contributed by atoms with van der Waals surface area (Å²) in [6.45, 7) is 72.8. The van der Waals surface area contributed by atoms with E-state index < -0.39 is 0 Å². The molecular weight excluding hydrogens is 1820 g/mol. The summed E-state index contributed by atoms with van der Waals surface area (Å²) in [7, 11) is 0. The van der Waals surface area contributed by atoms with E-state index in [-0.39, 0.29) is 86.4 Å². The molecule has 4 aromatic rings. The third-order valence-electron chi connectivity index (χ3n) is 21.1. The van der Waals surface area contributed by atoms with Crippen molar-refractivity contribution in [2.24, 2.45) is 47.3 Å². The minimum Gasteiger partial charge on any atom is -0.379 e. The topological polar surface area (TPSA) is 309 Å². The number of ether oxygens (including phenoxy) is 12. The zero-order valence-electron chi connectivity index (χ0n) is 91.0. The van der Waals surface area contributed by atoms with Gasteiger partial charge in [0.15, 0.2) is 5.78 Å². The standard InChI is InChI=1S/C21H35NO3.C20H34N2O3.2C20H33NO3.C16H34N2O3.C15H31NO3.6CH4/c1-17(2)9-11-24-13-14-25-12-10-22-16-21(23)15-19-5-7-20(8-6-19)18(3)4;1-16(2)9-11-24-13-14-25-12-10-21-15-20(23)22-19-7-5-18(6-8-19)17(3)4;1-16(2)9-11-23-13-14-24-12-10-21-20(22)15-18-5-7-19(8-6-18)17(3)4;1-16(2)9-11-23-13-14-24-12-10-20(22)21-15-18-5-7-19(8-6-18)17(3)4;1-14(2)5-7-18-16(19)13-17-8-10-21-12-11-20-9-6-15(3)4;1-13(2)5-6-15(17)16-8-10-19-12-11-18-9-7-14(3)4;;;;;;/h5-8,17-18,22H,9-16H2,1-4H3;5-8,16-17,21H,9-15H2,1-4H3,(H,22,23);2*5-8,16-17H,9-15H2,1-4H3,(H,21,22);14-15,17H,5-13H2,1-4H3,(H,18,19);13-14H,5-12H2,1-4H3,(H,16,17);6*1H4. The summed E-state index contributed by atoms with van der Waals surface area (Å²) >= 11 is 0. The molecule has 0 radical (unpaired) electrons. The van der Waals surface area contributed by atoms with Gasteiger partial charge in [0.25, 0.3) is 0 Å². The number of ketones is 1. The van der Waals surface area contributed by atoms with Crippen LogP contribution in [0.15, 0.2) is 97.1 Å². The molecule has 144 heavy (non-hydrogen) atoms. The van der Waals surface area contributed by atoms with Crippen LogP contribution in [0.2, 0.25) is 0 Å². The zero-order chi connectivity index (χ0) is 103. The first-order chi connectivity index (χ1) is 66.0. The predicted molar refractivity (Wildman–Crippen MR) is 608 cm³/mol. The van der Waals surface area contributed by atoms with E-state index in [1.54, 1.807) is 0 Å². The second kappa shape index (κ2) is 106. The molecule has 0 aliphatic rings. The third kappa shape index (κ3) is 107. The van der Waals surface area contributed by atoms with Crippen LogP contribution in [0.5, 0.6) is 0 Å². The highest BCUT2D eigenvalue weighted by atomic mass is 16.5. The fourth-order valence-corrected chi connectivity index (χ4v) is 11.7. The molecule has 5 amide bonds. The summed E-state index contributed by atoms with van der Waals surface area (Å²) in [6, 6.07) is 32.9. The Bertz CT molecular complexity index is 3370. The number of rotatable bonds is 77. The predicted octanol–water partition coefficient (Wildman–Crippen LogP) is 22.7. The van der Waals surface area contributed by atoms with Gasteiger partial charge in [-0.15, -0.1) is 0 Å². The largest absolute Gasteiger partial charge is 0.379 e. The van der Waals surface area contributed by atoms with Gasteiger partial charge < -0.3 is 99.4 Å². The quantitative estimate of drug-likeness (QED) is 0.0190. The Kier molecular flexibility index (Phi) is 112. The van der Waals surface area contributed by atoms with E-state index in [4.69, 9.17) is 56.8 Å². The van der Waals surface area contributed by atoms with Crippen molar-refractivity contribution < 1.29 is 85.6 Å². The van der Waals surface area contributed by atoms with Crippen molar-refractivity contribution in [2.75, 3.05) is 223 Å². The molecule has 4 aromatic carbocycles. The summed E-state index contributed by atoms with van der Waals surface area (Å²) < 4.78 is 65.3. The number of carbonyl (C=O) groups excluding carboxylic acids is 6. The van der Waals surface area contributed by atoms with Crippen LogP contribution in [0.1, 0.15) is 338 Å². The van der Waals surface area contributed by atoms with Crippen LogP contribution in [0, 0.1) is 47.3 Å². The normalized spacial score (nSPS) is 10.8. The average Bonchev–Trinajstić information content (AvgIpc) is 0.924. The molecule has 0 spiro atoms. The summed E-state index contributed by atoms with van der Waals surface area (Å²) in [5.74, 6) is 7.66. The van der Waals surface area contributed by atoms with Gasteiger partial charge in [0.2, 0.25) is 29.5 Å². The molecule has 0 saturated carbocycles.